The van der Waals surface area contributed by atoms with Gasteiger partial charge in [0.05, 0.1) is 34.4 Å². The van der Waals surface area contributed by atoms with Crippen molar-refractivity contribution in [1.29, 1.82) is 0 Å². The quantitative estimate of drug-likeness (QED) is 0.403. The highest BCUT2D eigenvalue weighted by Gasteiger charge is 2.18. The Bertz CT molecular complexity index is 1300. The lowest BCUT2D eigenvalue weighted by atomic mass is 10.2. The predicted molar refractivity (Wildman–Crippen MR) is 121 cm³/mol. The van der Waals surface area contributed by atoms with Gasteiger partial charge in [0.2, 0.25) is 17.7 Å². The van der Waals surface area contributed by atoms with Gasteiger partial charge in [0, 0.05) is 19.5 Å². The second-order valence-corrected chi connectivity index (χ2v) is 7.71. The van der Waals surface area contributed by atoms with E-state index in [9.17, 15) is 9.59 Å². The summed E-state index contributed by atoms with van der Waals surface area (Å²) >= 11 is 6.20. The van der Waals surface area contributed by atoms with Crippen LogP contribution in [0.3, 0.4) is 0 Å². The maximum atomic E-state index is 12.9. The van der Waals surface area contributed by atoms with Crippen molar-refractivity contribution in [2.75, 3.05) is 6.54 Å². The molecule has 1 amide bonds. The number of para-hydroxylation sites is 1. The summed E-state index contributed by atoms with van der Waals surface area (Å²) in [5.74, 6) is 0.527. The third-order valence-electron chi connectivity index (χ3n) is 5.04. The molecule has 0 aliphatic rings. The molecule has 0 aliphatic carbocycles. The first-order valence-corrected chi connectivity index (χ1v) is 10.7. The molecule has 4 rings (SSSR count). The number of nitrogens with zero attached hydrogens (tertiary/aromatic N) is 5. The van der Waals surface area contributed by atoms with Gasteiger partial charge in [-0.3, -0.25) is 14.2 Å². The lowest BCUT2D eigenvalue weighted by Crippen LogP contribution is -2.33. The third-order valence-corrected chi connectivity index (χ3v) is 5.37. The Morgan fingerprint density at radius 2 is 1.91 bits per heavy atom. The minimum atomic E-state index is -0.160. The van der Waals surface area contributed by atoms with Gasteiger partial charge in [-0.1, -0.05) is 42.8 Å². The van der Waals surface area contributed by atoms with E-state index in [2.05, 4.69) is 15.2 Å². The van der Waals surface area contributed by atoms with Crippen LogP contribution >= 0.6 is 11.6 Å². The highest BCUT2D eigenvalue weighted by Crippen LogP contribution is 2.26. The molecule has 2 aromatic carbocycles. The Hall–Kier alpha value is -3.52. The lowest BCUT2D eigenvalue weighted by molar-refractivity contribution is -0.132. The van der Waals surface area contributed by atoms with Crippen molar-refractivity contribution in [2.24, 2.45) is 0 Å². The van der Waals surface area contributed by atoms with Crippen LogP contribution in [0.2, 0.25) is 5.02 Å². The third kappa shape index (κ3) is 4.70. The minimum absolute atomic E-state index is 0.107. The zero-order valence-electron chi connectivity index (χ0n) is 17.6. The Morgan fingerprint density at radius 1 is 1.12 bits per heavy atom. The van der Waals surface area contributed by atoms with Crippen molar-refractivity contribution in [3.05, 3.63) is 76.1 Å². The van der Waals surface area contributed by atoms with E-state index in [0.717, 1.165) is 6.42 Å². The maximum Gasteiger partial charge on any atom is 0.261 e. The van der Waals surface area contributed by atoms with Gasteiger partial charge >= 0.3 is 0 Å². The van der Waals surface area contributed by atoms with Crippen LogP contribution in [0.1, 0.15) is 25.7 Å². The molecular weight excluding hydrogens is 430 g/mol. The molecule has 32 heavy (non-hydrogen) atoms. The van der Waals surface area contributed by atoms with E-state index in [4.69, 9.17) is 16.0 Å². The summed E-state index contributed by atoms with van der Waals surface area (Å²) in [7, 11) is 0. The van der Waals surface area contributed by atoms with E-state index < -0.39 is 0 Å². The van der Waals surface area contributed by atoms with Crippen molar-refractivity contribution in [3.8, 4) is 11.5 Å². The molecule has 0 unspecified atom stereocenters. The van der Waals surface area contributed by atoms with Crippen molar-refractivity contribution >= 4 is 28.4 Å². The second kappa shape index (κ2) is 9.74. The topological polar surface area (TPSA) is 94.1 Å². The lowest BCUT2D eigenvalue weighted by Gasteiger charge is -2.20. The standard InChI is InChI=1S/C23H22ClN5O3/c1-2-12-28(14-20-26-27-22(32-20)16-7-3-5-9-18(16)24)21(30)11-13-29-15-25-19-10-6-4-8-17(19)23(29)31/h3-10,15H,2,11-14H2,1H3. The van der Waals surface area contributed by atoms with E-state index in [1.165, 1.54) is 10.9 Å². The molecule has 0 spiro atoms. The molecule has 0 fully saturated rings. The van der Waals surface area contributed by atoms with Gasteiger partial charge in [0.1, 0.15) is 0 Å². The van der Waals surface area contributed by atoms with E-state index >= 15 is 0 Å². The number of aromatic nitrogens is 4. The molecule has 8 nitrogen and oxygen atoms in total. The van der Waals surface area contributed by atoms with E-state index in [1.807, 2.05) is 25.1 Å². The van der Waals surface area contributed by atoms with Crippen LogP contribution in [0.25, 0.3) is 22.4 Å². The van der Waals surface area contributed by atoms with Gasteiger partial charge in [-0.05, 0) is 30.7 Å². The molecule has 2 heterocycles. The van der Waals surface area contributed by atoms with Gasteiger partial charge in [0.25, 0.3) is 5.56 Å². The normalized spacial score (nSPS) is 11.1. The van der Waals surface area contributed by atoms with Gasteiger partial charge in [0.15, 0.2) is 0 Å². The van der Waals surface area contributed by atoms with Crippen LogP contribution in [-0.4, -0.2) is 37.1 Å². The summed E-state index contributed by atoms with van der Waals surface area (Å²) in [6.07, 6.45) is 2.41. The van der Waals surface area contributed by atoms with Crippen molar-refractivity contribution in [3.63, 3.8) is 0 Å². The summed E-state index contributed by atoms with van der Waals surface area (Å²) in [6.45, 7) is 2.95. The molecule has 4 aromatic rings. The fourth-order valence-corrected chi connectivity index (χ4v) is 3.64. The maximum absolute atomic E-state index is 12.9. The molecule has 0 atom stereocenters. The average Bonchev–Trinajstić information content (AvgIpc) is 3.27. The Morgan fingerprint density at radius 3 is 2.72 bits per heavy atom. The van der Waals surface area contributed by atoms with Crippen LogP contribution < -0.4 is 5.56 Å². The first kappa shape index (κ1) is 21.7. The van der Waals surface area contributed by atoms with Crippen LogP contribution in [0.15, 0.2) is 64.1 Å². The van der Waals surface area contributed by atoms with Gasteiger partial charge in [-0.15, -0.1) is 10.2 Å². The second-order valence-electron chi connectivity index (χ2n) is 7.31. The number of amides is 1. The first-order valence-electron chi connectivity index (χ1n) is 10.4. The van der Waals surface area contributed by atoms with Crippen molar-refractivity contribution in [1.82, 2.24) is 24.6 Å². The molecule has 2 aromatic heterocycles. The zero-order chi connectivity index (χ0) is 22.5. The van der Waals surface area contributed by atoms with Crippen LogP contribution in [-0.2, 0) is 17.9 Å². The number of carbonyl (C=O) groups is 1. The number of aryl methyl sites for hydroxylation is 1. The number of rotatable bonds is 8. The van der Waals surface area contributed by atoms with Crippen molar-refractivity contribution < 1.29 is 9.21 Å². The van der Waals surface area contributed by atoms with Crippen molar-refractivity contribution in [2.45, 2.75) is 32.9 Å². The van der Waals surface area contributed by atoms with E-state index in [0.29, 0.717) is 39.8 Å². The van der Waals surface area contributed by atoms with Gasteiger partial charge < -0.3 is 9.32 Å². The molecule has 0 radical (unpaired) electrons. The molecule has 9 heteroatoms. The summed E-state index contributed by atoms with van der Waals surface area (Å²) in [6, 6.07) is 14.4. The molecule has 0 saturated heterocycles. The number of halogens is 1. The molecule has 164 valence electrons. The summed E-state index contributed by atoms with van der Waals surface area (Å²) in [4.78, 5) is 31.5. The molecular formula is C23H22ClN5O3. The van der Waals surface area contributed by atoms with E-state index in [-0.39, 0.29) is 31.0 Å². The summed E-state index contributed by atoms with van der Waals surface area (Å²) in [5, 5.41) is 9.18. The summed E-state index contributed by atoms with van der Waals surface area (Å²) < 4.78 is 7.21. The Balaban J connectivity index is 1.45. The van der Waals surface area contributed by atoms with Crippen LogP contribution in [0.4, 0.5) is 0 Å². The molecule has 0 aliphatic heterocycles. The minimum Gasteiger partial charge on any atom is -0.419 e. The highest BCUT2D eigenvalue weighted by molar-refractivity contribution is 6.33. The fourth-order valence-electron chi connectivity index (χ4n) is 3.43. The van der Waals surface area contributed by atoms with Gasteiger partial charge in [-0.25, -0.2) is 4.98 Å². The Kier molecular flexibility index (Phi) is 6.61. The first-order chi connectivity index (χ1) is 15.6. The Labute approximate surface area is 189 Å². The number of hydrogen-bond acceptors (Lipinski definition) is 6. The monoisotopic (exact) mass is 451 g/mol. The molecule has 0 N–H and O–H groups in total. The molecule has 0 bridgehead atoms. The number of benzene rings is 2. The fraction of sp³-hybridized carbons (Fsp3) is 0.261. The van der Waals surface area contributed by atoms with Gasteiger partial charge in [-0.2, -0.15) is 0 Å². The highest BCUT2D eigenvalue weighted by atomic mass is 35.5. The smallest absolute Gasteiger partial charge is 0.261 e. The number of fused-ring (bicyclic) bond motifs is 1. The zero-order valence-corrected chi connectivity index (χ0v) is 18.3. The van der Waals surface area contributed by atoms with E-state index in [1.54, 1.807) is 35.2 Å². The van der Waals surface area contributed by atoms with Crippen LogP contribution in [0.5, 0.6) is 0 Å². The summed E-state index contributed by atoms with van der Waals surface area (Å²) in [5.41, 5.74) is 1.12. The van der Waals surface area contributed by atoms with Crippen LogP contribution in [0, 0.1) is 0 Å². The number of carbonyl (C=O) groups excluding carboxylic acids is 1. The number of hydrogen-bond donors (Lipinski definition) is 0. The largest absolute Gasteiger partial charge is 0.419 e. The predicted octanol–water partition coefficient (Wildman–Crippen LogP) is 3.93. The molecule has 0 saturated carbocycles. The SMILES string of the molecule is CCCN(Cc1nnc(-c2ccccc2Cl)o1)C(=O)CCn1cnc2ccccc2c1=O. The average molecular weight is 452 g/mol.